The first-order chi connectivity index (χ1) is 4.34. The molecule has 1 amide bonds. The third-order valence-corrected chi connectivity index (χ3v) is 1.44. The number of hydrogen-bond donors (Lipinski definition) is 2. The number of carbonyl (C=O) groups is 1. The number of amides is 1. The Morgan fingerprint density at radius 1 is 1.56 bits per heavy atom. The van der Waals surface area contributed by atoms with Gasteiger partial charge in [-0.3, -0.25) is 15.0 Å². The van der Waals surface area contributed by atoms with Crippen molar-refractivity contribution in [3.05, 3.63) is 0 Å². The molecule has 1 heterocycles. The number of hydrogen-bond acceptors (Lipinski definition) is 3. The molecule has 1 aliphatic heterocycles. The zero-order valence-electron chi connectivity index (χ0n) is 5.13. The van der Waals surface area contributed by atoms with Crippen LogP contribution >= 0.6 is 0 Å². The van der Waals surface area contributed by atoms with E-state index in [-0.39, 0.29) is 5.91 Å². The van der Waals surface area contributed by atoms with Gasteiger partial charge in [-0.2, -0.15) is 0 Å². The molecule has 1 saturated heterocycles. The standard InChI is InChI=1S/C5H10N2O2/c8-5-3-1-2-4-7(5)6-9/h6,9H,1-4H2. The van der Waals surface area contributed by atoms with E-state index in [2.05, 4.69) is 0 Å². The minimum atomic E-state index is -0.0243. The molecule has 9 heavy (non-hydrogen) atoms. The van der Waals surface area contributed by atoms with Crippen LogP contribution in [0.4, 0.5) is 0 Å². The predicted octanol–water partition coefficient (Wildman–Crippen LogP) is -0.107. The summed E-state index contributed by atoms with van der Waals surface area (Å²) in [7, 11) is 0. The second-order valence-electron chi connectivity index (χ2n) is 2.10. The lowest BCUT2D eigenvalue weighted by Crippen LogP contribution is -2.43. The molecule has 52 valence electrons. The van der Waals surface area contributed by atoms with Crippen LogP contribution < -0.4 is 5.59 Å². The summed E-state index contributed by atoms with van der Waals surface area (Å²) in [5, 5.41) is 9.54. The molecule has 0 saturated carbocycles. The van der Waals surface area contributed by atoms with Gasteiger partial charge in [0.25, 0.3) is 0 Å². The molecule has 0 atom stereocenters. The van der Waals surface area contributed by atoms with Gasteiger partial charge in [0.2, 0.25) is 5.91 Å². The Morgan fingerprint density at radius 3 is 2.78 bits per heavy atom. The van der Waals surface area contributed by atoms with Gasteiger partial charge >= 0.3 is 0 Å². The van der Waals surface area contributed by atoms with Gasteiger partial charge in [0.05, 0.1) is 0 Å². The van der Waals surface area contributed by atoms with E-state index in [0.29, 0.717) is 13.0 Å². The van der Waals surface area contributed by atoms with E-state index >= 15 is 0 Å². The minimum absolute atomic E-state index is 0.0243. The Kier molecular flexibility index (Phi) is 2.02. The first kappa shape index (κ1) is 6.51. The molecular weight excluding hydrogens is 120 g/mol. The van der Waals surface area contributed by atoms with Gasteiger partial charge in [-0.1, -0.05) is 0 Å². The first-order valence-corrected chi connectivity index (χ1v) is 3.04. The minimum Gasteiger partial charge on any atom is -0.297 e. The van der Waals surface area contributed by atoms with Gasteiger partial charge in [-0.05, 0) is 12.8 Å². The second kappa shape index (κ2) is 2.80. The molecule has 1 fully saturated rings. The van der Waals surface area contributed by atoms with Gasteiger partial charge in [-0.15, -0.1) is 5.59 Å². The Morgan fingerprint density at radius 2 is 2.33 bits per heavy atom. The number of carbonyl (C=O) groups excluding carboxylic acids is 1. The molecule has 0 aliphatic carbocycles. The molecule has 4 nitrogen and oxygen atoms in total. The Bertz CT molecular complexity index is 116. The summed E-state index contributed by atoms with van der Waals surface area (Å²) in [5.41, 5.74) is 1.84. The predicted molar refractivity (Wildman–Crippen MR) is 30.5 cm³/mol. The van der Waals surface area contributed by atoms with Crippen molar-refractivity contribution in [2.45, 2.75) is 19.3 Å². The van der Waals surface area contributed by atoms with Gasteiger partial charge in [-0.25, -0.2) is 0 Å². The Balaban J connectivity index is 2.39. The van der Waals surface area contributed by atoms with Crippen molar-refractivity contribution in [3.8, 4) is 0 Å². The van der Waals surface area contributed by atoms with Crippen LogP contribution in [0.15, 0.2) is 0 Å². The van der Waals surface area contributed by atoms with Gasteiger partial charge in [0, 0.05) is 13.0 Å². The van der Waals surface area contributed by atoms with E-state index in [9.17, 15) is 4.79 Å². The normalized spacial score (nSPS) is 20.6. The maximum absolute atomic E-state index is 10.7. The average Bonchev–Trinajstić information content (AvgIpc) is 1.89. The number of nitrogens with zero attached hydrogens (tertiary/aromatic N) is 1. The molecular formula is C5H10N2O2. The maximum atomic E-state index is 10.7. The van der Waals surface area contributed by atoms with Crippen LogP contribution in [-0.2, 0) is 4.79 Å². The van der Waals surface area contributed by atoms with E-state index in [4.69, 9.17) is 5.21 Å². The fourth-order valence-electron chi connectivity index (χ4n) is 0.912. The van der Waals surface area contributed by atoms with Gasteiger partial charge < -0.3 is 0 Å². The molecule has 2 N–H and O–H groups in total. The van der Waals surface area contributed by atoms with Crippen LogP contribution in [0.1, 0.15) is 19.3 Å². The van der Waals surface area contributed by atoms with E-state index in [1.54, 1.807) is 0 Å². The highest BCUT2D eigenvalue weighted by atomic mass is 16.5. The lowest BCUT2D eigenvalue weighted by molar-refractivity contribution is -0.147. The fourth-order valence-corrected chi connectivity index (χ4v) is 0.912. The Labute approximate surface area is 53.4 Å². The molecule has 1 aliphatic rings. The topological polar surface area (TPSA) is 52.6 Å². The summed E-state index contributed by atoms with van der Waals surface area (Å²) >= 11 is 0. The first-order valence-electron chi connectivity index (χ1n) is 3.04. The van der Waals surface area contributed by atoms with Crippen molar-refractivity contribution < 1.29 is 10.0 Å². The van der Waals surface area contributed by atoms with Crippen LogP contribution in [0.25, 0.3) is 0 Å². The van der Waals surface area contributed by atoms with Crippen molar-refractivity contribution in [1.82, 2.24) is 10.6 Å². The van der Waals surface area contributed by atoms with Crippen LogP contribution in [-0.4, -0.2) is 22.7 Å². The highest BCUT2D eigenvalue weighted by Gasteiger charge is 2.16. The highest BCUT2D eigenvalue weighted by molar-refractivity contribution is 5.76. The van der Waals surface area contributed by atoms with E-state index in [0.717, 1.165) is 12.8 Å². The van der Waals surface area contributed by atoms with Crippen molar-refractivity contribution in [3.63, 3.8) is 0 Å². The molecule has 0 spiro atoms. The van der Waals surface area contributed by atoms with Crippen LogP contribution in [0.3, 0.4) is 0 Å². The van der Waals surface area contributed by atoms with Crippen molar-refractivity contribution >= 4 is 5.91 Å². The Hall–Kier alpha value is -0.610. The zero-order valence-corrected chi connectivity index (χ0v) is 5.13. The third kappa shape index (κ3) is 1.40. The lowest BCUT2D eigenvalue weighted by Gasteiger charge is -2.23. The van der Waals surface area contributed by atoms with Crippen molar-refractivity contribution in [1.29, 1.82) is 0 Å². The second-order valence-corrected chi connectivity index (χ2v) is 2.10. The summed E-state index contributed by atoms with van der Waals surface area (Å²) in [4.78, 5) is 10.7. The third-order valence-electron chi connectivity index (χ3n) is 1.44. The van der Waals surface area contributed by atoms with E-state index < -0.39 is 0 Å². The molecule has 0 aromatic carbocycles. The van der Waals surface area contributed by atoms with Gasteiger partial charge in [0.15, 0.2) is 0 Å². The highest BCUT2D eigenvalue weighted by Crippen LogP contribution is 2.06. The largest absolute Gasteiger partial charge is 0.297 e. The number of nitrogens with one attached hydrogen (secondary N) is 1. The molecule has 0 aromatic rings. The summed E-state index contributed by atoms with van der Waals surface area (Å²) in [6, 6.07) is 0. The quantitative estimate of drug-likeness (QED) is 0.487. The average molecular weight is 130 g/mol. The molecule has 0 radical (unpaired) electrons. The molecule has 0 unspecified atom stereocenters. The van der Waals surface area contributed by atoms with Crippen molar-refractivity contribution in [2.75, 3.05) is 6.54 Å². The maximum Gasteiger partial charge on any atom is 0.238 e. The summed E-state index contributed by atoms with van der Waals surface area (Å²) < 4.78 is 0. The number of rotatable bonds is 1. The number of hydrazine groups is 1. The van der Waals surface area contributed by atoms with Crippen LogP contribution in [0.2, 0.25) is 0 Å². The molecule has 4 heteroatoms. The monoisotopic (exact) mass is 130 g/mol. The lowest BCUT2D eigenvalue weighted by atomic mass is 10.1. The fraction of sp³-hybridized carbons (Fsp3) is 0.800. The zero-order chi connectivity index (χ0) is 6.69. The summed E-state index contributed by atoms with van der Waals surface area (Å²) in [6.45, 7) is 0.620. The van der Waals surface area contributed by atoms with E-state index in [1.807, 2.05) is 5.59 Å². The smallest absolute Gasteiger partial charge is 0.238 e. The van der Waals surface area contributed by atoms with Crippen LogP contribution in [0, 0.1) is 0 Å². The van der Waals surface area contributed by atoms with Crippen molar-refractivity contribution in [2.24, 2.45) is 0 Å². The van der Waals surface area contributed by atoms with Crippen LogP contribution in [0.5, 0.6) is 0 Å². The van der Waals surface area contributed by atoms with E-state index in [1.165, 1.54) is 5.01 Å². The van der Waals surface area contributed by atoms with Gasteiger partial charge in [0.1, 0.15) is 0 Å². The SMILES string of the molecule is O=C1CCCCN1NO. The summed E-state index contributed by atoms with van der Waals surface area (Å²) in [5.74, 6) is -0.0243. The molecule has 0 aromatic heterocycles. The number of piperidine rings is 1. The molecule has 0 bridgehead atoms. The summed E-state index contributed by atoms with van der Waals surface area (Å²) in [6.07, 6.45) is 2.46. The molecule has 1 rings (SSSR count).